The predicted octanol–water partition coefficient (Wildman–Crippen LogP) is 3.78. The van der Waals surface area contributed by atoms with Crippen LogP contribution >= 0.6 is 11.8 Å². The SMILES string of the molecule is Fc1ccc[c]c1Sc1ccccc1. The molecule has 0 saturated carbocycles. The molecule has 2 heteroatoms. The van der Waals surface area contributed by atoms with Gasteiger partial charge in [-0.15, -0.1) is 0 Å². The monoisotopic (exact) mass is 203 g/mol. The van der Waals surface area contributed by atoms with Crippen molar-refractivity contribution in [2.24, 2.45) is 0 Å². The Morgan fingerprint density at radius 3 is 2.50 bits per heavy atom. The van der Waals surface area contributed by atoms with Crippen LogP contribution in [0, 0.1) is 11.9 Å². The second-order valence-corrected chi connectivity index (χ2v) is 3.85. The van der Waals surface area contributed by atoms with Gasteiger partial charge in [-0.05, 0) is 24.3 Å². The Kier molecular flexibility index (Phi) is 2.84. The zero-order chi connectivity index (χ0) is 9.80. The molecule has 0 bridgehead atoms. The summed E-state index contributed by atoms with van der Waals surface area (Å²) in [6.07, 6.45) is 0. The highest BCUT2D eigenvalue weighted by molar-refractivity contribution is 7.99. The highest BCUT2D eigenvalue weighted by atomic mass is 32.2. The van der Waals surface area contributed by atoms with Gasteiger partial charge in [0.05, 0.1) is 4.90 Å². The van der Waals surface area contributed by atoms with Crippen LogP contribution in [-0.2, 0) is 0 Å². The first-order valence-electron chi connectivity index (χ1n) is 4.25. The average molecular weight is 203 g/mol. The van der Waals surface area contributed by atoms with Gasteiger partial charge in [0.25, 0.3) is 0 Å². The first-order valence-corrected chi connectivity index (χ1v) is 5.07. The van der Waals surface area contributed by atoms with Crippen molar-refractivity contribution in [3.8, 4) is 0 Å². The third kappa shape index (κ3) is 2.15. The quantitative estimate of drug-likeness (QED) is 0.715. The topological polar surface area (TPSA) is 0 Å². The summed E-state index contributed by atoms with van der Waals surface area (Å²) in [5.41, 5.74) is 0. The number of benzene rings is 2. The molecular formula is C12H8FS. The summed E-state index contributed by atoms with van der Waals surface area (Å²) in [7, 11) is 0. The summed E-state index contributed by atoms with van der Waals surface area (Å²) < 4.78 is 13.2. The molecule has 0 aromatic heterocycles. The molecule has 14 heavy (non-hydrogen) atoms. The van der Waals surface area contributed by atoms with Crippen molar-refractivity contribution in [1.29, 1.82) is 0 Å². The number of hydrogen-bond donors (Lipinski definition) is 0. The average Bonchev–Trinajstić information content (AvgIpc) is 2.23. The van der Waals surface area contributed by atoms with Crippen molar-refractivity contribution in [1.82, 2.24) is 0 Å². The van der Waals surface area contributed by atoms with Gasteiger partial charge in [0.1, 0.15) is 5.82 Å². The van der Waals surface area contributed by atoms with Crippen LogP contribution in [0.1, 0.15) is 0 Å². The van der Waals surface area contributed by atoms with Gasteiger partial charge in [-0.25, -0.2) is 4.39 Å². The van der Waals surface area contributed by atoms with E-state index in [0.717, 1.165) is 4.90 Å². The largest absolute Gasteiger partial charge is 0.206 e. The molecule has 0 amide bonds. The van der Waals surface area contributed by atoms with E-state index < -0.39 is 0 Å². The standard InChI is InChI=1S/C12H8FS/c13-11-8-4-5-9-12(11)14-10-6-2-1-3-7-10/h1-8H. The molecule has 0 fully saturated rings. The molecule has 0 N–H and O–H groups in total. The number of rotatable bonds is 2. The van der Waals surface area contributed by atoms with E-state index in [1.165, 1.54) is 17.8 Å². The van der Waals surface area contributed by atoms with Crippen LogP contribution in [0.3, 0.4) is 0 Å². The van der Waals surface area contributed by atoms with Gasteiger partial charge in [-0.3, -0.25) is 0 Å². The van der Waals surface area contributed by atoms with Crippen LogP contribution in [0.5, 0.6) is 0 Å². The van der Waals surface area contributed by atoms with E-state index in [-0.39, 0.29) is 5.82 Å². The minimum Gasteiger partial charge on any atom is -0.206 e. The van der Waals surface area contributed by atoms with Gasteiger partial charge in [-0.2, -0.15) is 0 Å². The predicted molar refractivity (Wildman–Crippen MR) is 55.8 cm³/mol. The lowest BCUT2D eigenvalue weighted by Crippen LogP contribution is -1.79. The van der Waals surface area contributed by atoms with E-state index >= 15 is 0 Å². The fourth-order valence-electron chi connectivity index (χ4n) is 1.09. The molecule has 69 valence electrons. The Hall–Kier alpha value is -1.28. The van der Waals surface area contributed by atoms with Crippen molar-refractivity contribution in [2.75, 3.05) is 0 Å². The molecular weight excluding hydrogens is 195 g/mol. The summed E-state index contributed by atoms with van der Waals surface area (Å²) in [5.74, 6) is -0.221. The minimum atomic E-state index is -0.221. The lowest BCUT2D eigenvalue weighted by molar-refractivity contribution is 0.601. The molecule has 0 heterocycles. The molecule has 0 spiro atoms. The van der Waals surface area contributed by atoms with Crippen LogP contribution in [-0.4, -0.2) is 0 Å². The van der Waals surface area contributed by atoms with Crippen molar-refractivity contribution in [3.05, 3.63) is 60.4 Å². The van der Waals surface area contributed by atoms with Crippen LogP contribution in [0.2, 0.25) is 0 Å². The van der Waals surface area contributed by atoms with Gasteiger partial charge < -0.3 is 0 Å². The van der Waals surface area contributed by atoms with E-state index in [4.69, 9.17) is 0 Å². The Labute approximate surface area is 86.8 Å². The molecule has 0 aliphatic carbocycles. The molecule has 2 aromatic carbocycles. The summed E-state index contributed by atoms with van der Waals surface area (Å²) >= 11 is 1.38. The Morgan fingerprint density at radius 2 is 1.79 bits per heavy atom. The molecule has 2 rings (SSSR count). The van der Waals surface area contributed by atoms with Crippen LogP contribution in [0.4, 0.5) is 4.39 Å². The smallest absolute Gasteiger partial charge is 0.137 e. The summed E-state index contributed by atoms with van der Waals surface area (Å²) in [6.45, 7) is 0. The van der Waals surface area contributed by atoms with Gasteiger partial charge in [-0.1, -0.05) is 42.1 Å². The van der Waals surface area contributed by atoms with E-state index in [2.05, 4.69) is 6.07 Å². The first kappa shape index (κ1) is 9.28. The summed E-state index contributed by atoms with van der Waals surface area (Å²) in [5, 5.41) is 0. The lowest BCUT2D eigenvalue weighted by atomic mass is 10.3. The van der Waals surface area contributed by atoms with Gasteiger partial charge in [0, 0.05) is 4.90 Å². The summed E-state index contributed by atoms with van der Waals surface area (Å²) in [6, 6.07) is 17.4. The van der Waals surface area contributed by atoms with E-state index in [1.54, 1.807) is 12.1 Å². The molecule has 2 aromatic rings. The summed E-state index contributed by atoms with van der Waals surface area (Å²) in [4.78, 5) is 1.56. The zero-order valence-corrected chi connectivity index (χ0v) is 8.22. The third-order valence-electron chi connectivity index (χ3n) is 1.73. The van der Waals surface area contributed by atoms with Crippen LogP contribution in [0.15, 0.2) is 58.3 Å². The van der Waals surface area contributed by atoms with Crippen molar-refractivity contribution >= 4 is 11.8 Å². The molecule has 0 atom stereocenters. The maximum atomic E-state index is 13.2. The fraction of sp³-hybridized carbons (Fsp3) is 0. The molecule has 0 saturated heterocycles. The lowest BCUT2D eigenvalue weighted by Gasteiger charge is -2.01. The molecule has 0 nitrogen and oxygen atoms in total. The van der Waals surface area contributed by atoms with Crippen molar-refractivity contribution in [3.63, 3.8) is 0 Å². The first-order chi connectivity index (χ1) is 6.86. The number of hydrogen-bond acceptors (Lipinski definition) is 1. The maximum Gasteiger partial charge on any atom is 0.137 e. The van der Waals surface area contributed by atoms with Crippen molar-refractivity contribution < 1.29 is 4.39 Å². The van der Waals surface area contributed by atoms with Crippen LogP contribution < -0.4 is 0 Å². The number of halogens is 1. The molecule has 1 radical (unpaired) electrons. The van der Waals surface area contributed by atoms with Gasteiger partial charge in [0.15, 0.2) is 0 Å². The maximum absolute atomic E-state index is 13.2. The highest BCUT2D eigenvalue weighted by Crippen LogP contribution is 2.28. The second-order valence-electron chi connectivity index (χ2n) is 2.76. The Balaban J connectivity index is 2.24. The molecule has 0 unspecified atom stereocenters. The molecule has 0 aliphatic heterocycles. The third-order valence-corrected chi connectivity index (χ3v) is 2.76. The van der Waals surface area contributed by atoms with Gasteiger partial charge in [0.2, 0.25) is 0 Å². The second kappa shape index (κ2) is 4.29. The van der Waals surface area contributed by atoms with Crippen LogP contribution in [0.25, 0.3) is 0 Å². The van der Waals surface area contributed by atoms with Gasteiger partial charge >= 0.3 is 0 Å². The highest BCUT2D eigenvalue weighted by Gasteiger charge is 2.01. The van der Waals surface area contributed by atoms with E-state index in [0.29, 0.717) is 4.90 Å². The Bertz CT molecular complexity index is 412. The Morgan fingerprint density at radius 1 is 1.00 bits per heavy atom. The normalized spacial score (nSPS) is 10.1. The van der Waals surface area contributed by atoms with Crippen molar-refractivity contribution in [2.45, 2.75) is 9.79 Å². The van der Waals surface area contributed by atoms with E-state index in [9.17, 15) is 4.39 Å². The zero-order valence-electron chi connectivity index (χ0n) is 7.41. The van der Waals surface area contributed by atoms with E-state index in [1.807, 2.05) is 30.3 Å². The fourth-order valence-corrected chi connectivity index (χ4v) is 1.91. The minimum absolute atomic E-state index is 0.221. The molecule has 0 aliphatic rings.